The lowest BCUT2D eigenvalue weighted by Crippen LogP contribution is -2.34. The van der Waals surface area contributed by atoms with Crippen LogP contribution in [-0.4, -0.2) is 42.7 Å². The summed E-state index contributed by atoms with van der Waals surface area (Å²) in [6.45, 7) is 6.77. The Morgan fingerprint density at radius 3 is 2.79 bits per heavy atom. The normalized spacial score (nSPS) is 13.5. The van der Waals surface area contributed by atoms with Crippen molar-refractivity contribution in [3.05, 3.63) is 58.7 Å². The second-order valence-electron chi connectivity index (χ2n) is 7.16. The monoisotopic (exact) mass is 381 g/mol. The minimum atomic E-state index is -0.618. The molecule has 1 atom stereocenters. The summed E-state index contributed by atoms with van der Waals surface area (Å²) in [5.41, 5.74) is 4.81. The van der Waals surface area contributed by atoms with E-state index in [0.717, 1.165) is 23.6 Å². The third-order valence-corrected chi connectivity index (χ3v) is 4.71. The Bertz CT molecular complexity index is 843. The summed E-state index contributed by atoms with van der Waals surface area (Å²) in [5, 5.41) is 10.4. The third-order valence-electron chi connectivity index (χ3n) is 4.71. The molecule has 0 amide bonds. The van der Waals surface area contributed by atoms with Gasteiger partial charge in [-0.2, -0.15) is 0 Å². The third kappa shape index (κ3) is 5.49. The second-order valence-corrected chi connectivity index (χ2v) is 7.16. The fourth-order valence-electron chi connectivity index (χ4n) is 3.30. The molecule has 1 aliphatic rings. The van der Waals surface area contributed by atoms with Gasteiger partial charge in [-0.15, -0.1) is 6.42 Å². The van der Waals surface area contributed by atoms with E-state index in [1.807, 2.05) is 18.2 Å². The van der Waals surface area contributed by atoms with Crippen molar-refractivity contribution >= 4 is 0 Å². The van der Waals surface area contributed by atoms with Crippen LogP contribution in [0.1, 0.15) is 22.3 Å². The first-order valence-corrected chi connectivity index (χ1v) is 9.41. The first-order valence-electron chi connectivity index (χ1n) is 9.41. The van der Waals surface area contributed by atoms with Gasteiger partial charge in [0.1, 0.15) is 6.61 Å². The van der Waals surface area contributed by atoms with E-state index < -0.39 is 6.10 Å². The van der Waals surface area contributed by atoms with Gasteiger partial charge in [0.05, 0.1) is 12.7 Å². The molecule has 0 saturated carbocycles. The van der Waals surface area contributed by atoms with Crippen molar-refractivity contribution in [3.63, 3.8) is 0 Å². The molecule has 28 heavy (non-hydrogen) atoms. The highest BCUT2D eigenvalue weighted by molar-refractivity contribution is 5.44. The molecule has 0 unspecified atom stereocenters. The summed E-state index contributed by atoms with van der Waals surface area (Å²) in [5.74, 6) is 3.96. The lowest BCUT2D eigenvalue weighted by Gasteiger charge is -2.26. The molecule has 0 bridgehead atoms. The van der Waals surface area contributed by atoms with Gasteiger partial charge >= 0.3 is 0 Å². The molecule has 1 heterocycles. The van der Waals surface area contributed by atoms with E-state index in [1.165, 1.54) is 16.7 Å². The molecule has 3 rings (SSSR count). The molecular weight excluding hydrogens is 354 g/mol. The Morgan fingerprint density at radius 1 is 1.14 bits per heavy atom. The highest BCUT2D eigenvalue weighted by Crippen LogP contribution is 2.33. The van der Waals surface area contributed by atoms with Gasteiger partial charge in [0.15, 0.2) is 11.5 Å². The predicted octanol–water partition coefficient (Wildman–Crippen LogP) is 3.05. The Kier molecular flexibility index (Phi) is 6.94. The summed E-state index contributed by atoms with van der Waals surface area (Å²) in [4.78, 5) is 2.21. The molecule has 0 aliphatic carbocycles. The van der Waals surface area contributed by atoms with Crippen molar-refractivity contribution in [2.75, 3.05) is 26.6 Å². The number of terminal acetylenes is 1. The number of nitrogens with zero attached hydrogens (tertiary/aromatic N) is 1. The van der Waals surface area contributed by atoms with Crippen LogP contribution in [-0.2, 0) is 17.8 Å². The van der Waals surface area contributed by atoms with Gasteiger partial charge in [-0.25, -0.2) is 0 Å². The fraction of sp³-hybridized carbons (Fsp3) is 0.391. The van der Waals surface area contributed by atoms with Crippen LogP contribution in [0, 0.1) is 26.2 Å². The molecule has 148 valence electrons. The average Bonchev–Trinajstić information content (AvgIpc) is 3.12. The molecule has 2 aromatic carbocycles. The molecule has 0 aromatic heterocycles. The zero-order valence-electron chi connectivity index (χ0n) is 16.5. The summed E-state index contributed by atoms with van der Waals surface area (Å²) >= 11 is 0. The van der Waals surface area contributed by atoms with Crippen LogP contribution in [0.4, 0.5) is 0 Å². The quantitative estimate of drug-likeness (QED) is 0.534. The number of fused-ring (bicyclic) bond motifs is 1. The van der Waals surface area contributed by atoms with E-state index in [4.69, 9.17) is 20.6 Å². The Hall–Kier alpha value is -2.52. The lowest BCUT2D eigenvalue weighted by atomic mass is 10.0. The summed E-state index contributed by atoms with van der Waals surface area (Å²) < 4.78 is 16.2. The van der Waals surface area contributed by atoms with Crippen LogP contribution in [0.25, 0.3) is 0 Å². The van der Waals surface area contributed by atoms with Crippen LogP contribution in [0.3, 0.4) is 0 Å². The fourth-order valence-corrected chi connectivity index (χ4v) is 3.30. The SMILES string of the molecule is C#CCOC[C@@H](O)CN(Cc1ccc2c(c1)OCO2)Cc1cc(C)ccc1C. The standard InChI is InChI=1S/C23H27NO4/c1-4-9-26-15-21(25)14-24(13-20-10-17(2)5-6-18(20)3)12-19-7-8-22-23(11-19)28-16-27-22/h1,5-8,10-11,21,25H,9,12-16H2,2-3H3/t21-/m0/s1. The zero-order chi connectivity index (χ0) is 19.9. The van der Waals surface area contributed by atoms with E-state index in [-0.39, 0.29) is 20.0 Å². The van der Waals surface area contributed by atoms with Gasteiger partial charge in [-0.1, -0.05) is 35.7 Å². The van der Waals surface area contributed by atoms with Crippen molar-refractivity contribution in [2.45, 2.75) is 33.0 Å². The molecule has 0 radical (unpaired) electrons. The van der Waals surface area contributed by atoms with Gasteiger partial charge in [-0.05, 0) is 42.7 Å². The van der Waals surface area contributed by atoms with Crippen molar-refractivity contribution in [1.82, 2.24) is 4.90 Å². The largest absolute Gasteiger partial charge is 0.454 e. The van der Waals surface area contributed by atoms with Crippen LogP contribution < -0.4 is 9.47 Å². The second kappa shape index (κ2) is 9.61. The van der Waals surface area contributed by atoms with Gasteiger partial charge in [0.25, 0.3) is 0 Å². The summed E-state index contributed by atoms with van der Waals surface area (Å²) in [6, 6.07) is 12.4. The molecule has 5 heteroatoms. The van der Waals surface area contributed by atoms with Crippen LogP contribution in [0.15, 0.2) is 36.4 Å². The van der Waals surface area contributed by atoms with Gasteiger partial charge in [0, 0.05) is 19.6 Å². The highest BCUT2D eigenvalue weighted by atomic mass is 16.7. The average molecular weight is 381 g/mol. The number of aliphatic hydroxyl groups excluding tert-OH is 1. The molecule has 0 saturated heterocycles. The van der Waals surface area contributed by atoms with Gasteiger partial charge in [0.2, 0.25) is 6.79 Å². The van der Waals surface area contributed by atoms with E-state index in [2.05, 4.69) is 42.9 Å². The first kappa shape index (κ1) is 20.2. The maximum Gasteiger partial charge on any atom is 0.231 e. The summed E-state index contributed by atoms with van der Waals surface area (Å²) in [7, 11) is 0. The van der Waals surface area contributed by atoms with Crippen molar-refractivity contribution in [3.8, 4) is 23.8 Å². The van der Waals surface area contributed by atoms with Gasteiger partial charge < -0.3 is 19.3 Å². The predicted molar refractivity (Wildman–Crippen MR) is 108 cm³/mol. The number of ether oxygens (including phenoxy) is 3. The maximum absolute atomic E-state index is 10.4. The van der Waals surface area contributed by atoms with Crippen molar-refractivity contribution < 1.29 is 19.3 Å². The molecule has 1 N–H and O–H groups in total. The molecule has 1 aliphatic heterocycles. The van der Waals surface area contributed by atoms with E-state index >= 15 is 0 Å². The minimum absolute atomic E-state index is 0.205. The topological polar surface area (TPSA) is 51.2 Å². The molecule has 2 aromatic rings. The maximum atomic E-state index is 10.4. The number of aliphatic hydroxyl groups is 1. The van der Waals surface area contributed by atoms with Crippen LogP contribution in [0.2, 0.25) is 0 Å². The number of benzene rings is 2. The lowest BCUT2D eigenvalue weighted by molar-refractivity contribution is 0.0243. The van der Waals surface area contributed by atoms with Gasteiger partial charge in [-0.3, -0.25) is 4.90 Å². The van der Waals surface area contributed by atoms with Crippen LogP contribution >= 0.6 is 0 Å². The smallest absolute Gasteiger partial charge is 0.231 e. The van der Waals surface area contributed by atoms with E-state index in [0.29, 0.717) is 13.1 Å². The highest BCUT2D eigenvalue weighted by Gasteiger charge is 2.17. The molecule has 0 spiro atoms. The minimum Gasteiger partial charge on any atom is -0.454 e. The number of rotatable bonds is 9. The number of hydrogen-bond donors (Lipinski definition) is 1. The Labute approximate surface area is 166 Å². The number of aryl methyl sites for hydroxylation is 2. The van der Waals surface area contributed by atoms with Crippen molar-refractivity contribution in [2.24, 2.45) is 0 Å². The van der Waals surface area contributed by atoms with Crippen molar-refractivity contribution in [1.29, 1.82) is 0 Å². The van der Waals surface area contributed by atoms with E-state index in [9.17, 15) is 5.11 Å². The molecule has 5 nitrogen and oxygen atoms in total. The summed E-state index contributed by atoms with van der Waals surface area (Å²) in [6.07, 6.45) is 4.59. The number of hydrogen-bond acceptors (Lipinski definition) is 5. The Balaban J connectivity index is 1.73. The molecule has 0 fully saturated rings. The molecular formula is C23H27NO4. The van der Waals surface area contributed by atoms with E-state index in [1.54, 1.807) is 0 Å². The first-order chi connectivity index (χ1) is 13.5. The Morgan fingerprint density at radius 2 is 1.96 bits per heavy atom. The zero-order valence-corrected chi connectivity index (χ0v) is 16.5. The van der Waals surface area contributed by atoms with Crippen LogP contribution in [0.5, 0.6) is 11.5 Å².